The zero-order chi connectivity index (χ0) is 37.0. The minimum atomic E-state index is 1.10. The van der Waals surface area contributed by atoms with Crippen molar-refractivity contribution >= 4 is 71.2 Å². The molecule has 0 saturated heterocycles. The topological polar surface area (TPSA) is 8.17 Å². The molecule has 56 heavy (non-hydrogen) atoms. The van der Waals surface area contributed by atoms with Crippen LogP contribution in [0.3, 0.4) is 0 Å². The first kappa shape index (κ1) is 32.0. The number of anilines is 3. The van der Waals surface area contributed by atoms with Gasteiger partial charge in [0.25, 0.3) is 0 Å². The fraction of sp³-hybridized carbons (Fsp3) is 0. The molecule has 11 rings (SSSR count). The van der Waals surface area contributed by atoms with E-state index in [9.17, 15) is 0 Å². The Bertz CT molecular complexity index is 3220. The third kappa shape index (κ3) is 5.19. The molecule has 0 amide bonds. The second kappa shape index (κ2) is 13.2. The fourth-order valence-electron chi connectivity index (χ4n) is 8.78. The summed E-state index contributed by atoms with van der Waals surface area (Å²) in [6.45, 7) is 0. The van der Waals surface area contributed by atoms with Crippen LogP contribution in [0.4, 0.5) is 17.1 Å². The maximum absolute atomic E-state index is 2.47. The molecule has 0 aliphatic rings. The van der Waals surface area contributed by atoms with Gasteiger partial charge in [-0.2, -0.15) is 0 Å². The molecule has 0 N–H and O–H groups in total. The van der Waals surface area contributed by atoms with Gasteiger partial charge in [-0.05, 0) is 98.4 Å². The van der Waals surface area contributed by atoms with Gasteiger partial charge >= 0.3 is 0 Å². The van der Waals surface area contributed by atoms with Gasteiger partial charge in [-0.1, -0.05) is 164 Å². The van der Waals surface area contributed by atoms with E-state index in [0.29, 0.717) is 0 Å². The molecule has 2 heteroatoms. The number of nitrogens with zero attached hydrogens (tertiary/aromatic N) is 2. The van der Waals surface area contributed by atoms with Crippen LogP contribution in [0.25, 0.3) is 82.1 Å². The Morgan fingerprint density at radius 1 is 0.339 bits per heavy atom. The molecule has 262 valence electrons. The summed E-state index contributed by atoms with van der Waals surface area (Å²) in [5.74, 6) is 0. The number of fused-ring (bicyclic) bond motifs is 8. The molecule has 0 spiro atoms. The molecule has 0 fully saturated rings. The van der Waals surface area contributed by atoms with E-state index >= 15 is 0 Å². The summed E-state index contributed by atoms with van der Waals surface area (Å²) in [5, 5.41) is 9.84. The zero-order valence-corrected chi connectivity index (χ0v) is 30.7. The van der Waals surface area contributed by atoms with Crippen LogP contribution in [0.1, 0.15) is 0 Å². The highest BCUT2D eigenvalue weighted by atomic mass is 15.1. The average molecular weight is 713 g/mol. The van der Waals surface area contributed by atoms with E-state index in [2.05, 4.69) is 228 Å². The summed E-state index contributed by atoms with van der Waals surface area (Å²) in [7, 11) is 0. The Morgan fingerprint density at radius 2 is 0.875 bits per heavy atom. The quantitative estimate of drug-likeness (QED) is 0.156. The highest BCUT2D eigenvalue weighted by molar-refractivity contribution is 6.25. The summed E-state index contributed by atoms with van der Waals surface area (Å²) in [6, 6.07) is 79.5. The summed E-state index contributed by atoms with van der Waals surface area (Å²) in [4.78, 5) is 2.46. The summed E-state index contributed by atoms with van der Waals surface area (Å²) >= 11 is 0. The Morgan fingerprint density at radius 3 is 1.59 bits per heavy atom. The lowest BCUT2D eigenvalue weighted by atomic mass is 9.95. The summed E-state index contributed by atoms with van der Waals surface area (Å²) in [5.41, 5.74) is 11.7. The van der Waals surface area contributed by atoms with Gasteiger partial charge in [-0.15, -0.1) is 0 Å². The number of benzene rings is 10. The van der Waals surface area contributed by atoms with E-state index in [1.54, 1.807) is 0 Å². The fourth-order valence-corrected chi connectivity index (χ4v) is 8.78. The monoisotopic (exact) mass is 712 g/mol. The molecule has 10 aromatic carbocycles. The molecule has 0 aliphatic carbocycles. The van der Waals surface area contributed by atoms with Gasteiger partial charge in [0.15, 0.2) is 0 Å². The zero-order valence-electron chi connectivity index (χ0n) is 30.7. The number of hydrogen-bond donors (Lipinski definition) is 0. The maximum atomic E-state index is 2.47. The van der Waals surface area contributed by atoms with Crippen LogP contribution in [0.15, 0.2) is 218 Å². The average Bonchev–Trinajstić information content (AvgIpc) is 3.62. The van der Waals surface area contributed by atoms with Crippen LogP contribution < -0.4 is 4.90 Å². The summed E-state index contributed by atoms with van der Waals surface area (Å²) in [6.07, 6.45) is 0. The molecule has 0 bridgehead atoms. The van der Waals surface area contributed by atoms with E-state index in [1.165, 1.54) is 76.4 Å². The van der Waals surface area contributed by atoms with Crippen LogP contribution in [0, 0.1) is 0 Å². The molecule has 11 aromatic rings. The molecular weight excluding hydrogens is 677 g/mol. The highest BCUT2D eigenvalue weighted by Gasteiger charge is 2.23. The van der Waals surface area contributed by atoms with Gasteiger partial charge in [0, 0.05) is 38.6 Å². The lowest BCUT2D eigenvalue weighted by Crippen LogP contribution is -2.10. The first-order valence-electron chi connectivity index (χ1n) is 19.3. The number of para-hydroxylation sites is 1. The molecule has 0 radical (unpaired) electrons. The summed E-state index contributed by atoms with van der Waals surface area (Å²) < 4.78 is 2.47. The Kier molecular flexibility index (Phi) is 7.53. The van der Waals surface area contributed by atoms with Crippen molar-refractivity contribution in [2.75, 3.05) is 4.90 Å². The third-order valence-corrected chi connectivity index (χ3v) is 11.3. The lowest BCUT2D eigenvalue weighted by molar-refractivity contribution is 1.18. The van der Waals surface area contributed by atoms with Crippen molar-refractivity contribution in [1.82, 2.24) is 4.57 Å². The minimum absolute atomic E-state index is 1.10. The van der Waals surface area contributed by atoms with E-state index in [0.717, 1.165) is 22.7 Å². The molecule has 0 atom stereocenters. The van der Waals surface area contributed by atoms with Crippen molar-refractivity contribution in [2.24, 2.45) is 0 Å². The number of rotatable bonds is 6. The van der Waals surface area contributed by atoms with Gasteiger partial charge in [0.2, 0.25) is 0 Å². The molecule has 2 nitrogen and oxygen atoms in total. The largest absolute Gasteiger partial charge is 0.310 e. The van der Waals surface area contributed by atoms with E-state index in [1.807, 2.05) is 0 Å². The normalized spacial score (nSPS) is 11.6. The number of hydrogen-bond acceptors (Lipinski definition) is 1. The van der Waals surface area contributed by atoms with Crippen LogP contribution >= 0.6 is 0 Å². The van der Waals surface area contributed by atoms with E-state index in [4.69, 9.17) is 0 Å². The molecule has 0 saturated carbocycles. The SMILES string of the molecule is c1ccc(-c2ccc(N(c3ccc4c(c3)c3c(-c5ccccc5)cc5ccccc5c3n4-c3ccccc3)c3cc4ccccc4c4ccccc34)cc2)cc1. The molecule has 0 aliphatic heterocycles. The van der Waals surface area contributed by atoms with Crippen LogP contribution in [-0.4, -0.2) is 4.57 Å². The van der Waals surface area contributed by atoms with Crippen LogP contribution in [0.5, 0.6) is 0 Å². The van der Waals surface area contributed by atoms with Crippen LogP contribution in [-0.2, 0) is 0 Å². The highest BCUT2D eigenvalue weighted by Crippen LogP contribution is 2.47. The Labute approximate surface area is 325 Å². The molecule has 1 heterocycles. The van der Waals surface area contributed by atoms with E-state index in [-0.39, 0.29) is 0 Å². The second-order valence-corrected chi connectivity index (χ2v) is 14.5. The van der Waals surface area contributed by atoms with Crippen molar-refractivity contribution in [3.8, 4) is 27.9 Å². The minimum Gasteiger partial charge on any atom is -0.310 e. The van der Waals surface area contributed by atoms with Gasteiger partial charge in [-0.3, -0.25) is 0 Å². The number of aromatic nitrogens is 1. The molecule has 0 unspecified atom stereocenters. The van der Waals surface area contributed by atoms with Crippen molar-refractivity contribution in [1.29, 1.82) is 0 Å². The standard InChI is InChI=1S/C54H36N2/c1-4-16-37(17-5-1)38-28-30-43(31-29-38)55(52-35-41-21-10-12-24-45(41)47-26-14-15-27-48(47)52)44-32-33-51-50(36-44)53-49(39-18-6-2-7-19-39)34-40-20-11-13-25-46(40)54(53)56(51)42-22-8-3-9-23-42/h1-36H. The van der Waals surface area contributed by atoms with Gasteiger partial charge in [0.1, 0.15) is 0 Å². The lowest BCUT2D eigenvalue weighted by Gasteiger charge is -2.28. The molecular formula is C54H36N2. The Balaban J connectivity index is 1.25. The van der Waals surface area contributed by atoms with Gasteiger partial charge in [0.05, 0.1) is 16.7 Å². The predicted octanol–water partition coefficient (Wildman–Crippen LogP) is 15.0. The second-order valence-electron chi connectivity index (χ2n) is 14.5. The van der Waals surface area contributed by atoms with Crippen molar-refractivity contribution in [2.45, 2.75) is 0 Å². The maximum Gasteiger partial charge on any atom is 0.0625 e. The smallest absolute Gasteiger partial charge is 0.0625 e. The van der Waals surface area contributed by atoms with Gasteiger partial charge < -0.3 is 9.47 Å². The first-order chi connectivity index (χ1) is 27.8. The first-order valence-corrected chi connectivity index (χ1v) is 19.3. The van der Waals surface area contributed by atoms with Crippen LogP contribution in [0.2, 0.25) is 0 Å². The predicted molar refractivity (Wildman–Crippen MR) is 239 cm³/mol. The Hall–Kier alpha value is -7.42. The van der Waals surface area contributed by atoms with Crippen molar-refractivity contribution in [3.05, 3.63) is 218 Å². The van der Waals surface area contributed by atoms with Crippen molar-refractivity contribution in [3.63, 3.8) is 0 Å². The van der Waals surface area contributed by atoms with Gasteiger partial charge in [-0.25, -0.2) is 0 Å². The third-order valence-electron chi connectivity index (χ3n) is 11.3. The van der Waals surface area contributed by atoms with E-state index < -0.39 is 0 Å². The molecule has 1 aromatic heterocycles. The van der Waals surface area contributed by atoms with Crippen molar-refractivity contribution < 1.29 is 0 Å².